The fourth-order valence-electron chi connectivity index (χ4n) is 2.48. The number of rotatable bonds is 7. The summed E-state index contributed by atoms with van der Waals surface area (Å²) in [5.41, 5.74) is -0.312. The second-order valence-corrected chi connectivity index (χ2v) is 5.19. The van der Waals surface area contributed by atoms with Gasteiger partial charge >= 0.3 is 0 Å². The van der Waals surface area contributed by atoms with Gasteiger partial charge in [-0.05, 0) is 32.1 Å². The van der Waals surface area contributed by atoms with E-state index in [1.807, 2.05) is 0 Å². The van der Waals surface area contributed by atoms with Gasteiger partial charge in [0.25, 0.3) is 0 Å². The third kappa shape index (κ3) is 3.67. The van der Waals surface area contributed by atoms with E-state index in [1.54, 1.807) is 7.11 Å². The van der Waals surface area contributed by atoms with Crippen LogP contribution in [-0.4, -0.2) is 38.0 Å². The van der Waals surface area contributed by atoms with Crippen LogP contribution in [0, 0.1) is 11.3 Å². The molecule has 2 aliphatic carbocycles. The number of nitrogens with zero attached hydrogens (tertiary/aromatic N) is 1. The van der Waals surface area contributed by atoms with E-state index in [1.165, 1.54) is 12.8 Å². The molecular weight excluding hydrogens is 216 g/mol. The molecule has 2 saturated carbocycles. The van der Waals surface area contributed by atoms with Gasteiger partial charge in [0.2, 0.25) is 0 Å². The summed E-state index contributed by atoms with van der Waals surface area (Å²) in [6.07, 6.45) is 6.40. The Morgan fingerprint density at radius 3 is 2.82 bits per heavy atom. The third-order valence-electron chi connectivity index (χ3n) is 3.59. The van der Waals surface area contributed by atoms with Gasteiger partial charge in [-0.25, -0.2) is 0 Å². The average molecular weight is 238 g/mol. The molecule has 0 saturated heterocycles. The summed E-state index contributed by atoms with van der Waals surface area (Å²) in [5.74, 6) is 0. The monoisotopic (exact) mass is 238 g/mol. The van der Waals surface area contributed by atoms with Crippen LogP contribution in [0.3, 0.4) is 0 Å². The minimum atomic E-state index is -0.312. The Labute approximate surface area is 103 Å². The number of methoxy groups -OCH3 is 1. The quantitative estimate of drug-likeness (QED) is 0.685. The van der Waals surface area contributed by atoms with Crippen molar-refractivity contribution >= 4 is 0 Å². The molecule has 2 fully saturated rings. The van der Waals surface area contributed by atoms with Crippen LogP contribution < -0.4 is 5.32 Å². The molecule has 0 aromatic rings. The molecular formula is C13H22N2O2. The first kappa shape index (κ1) is 12.8. The molecule has 2 unspecified atom stereocenters. The predicted octanol–water partition coefficient (Wildman–Crippen LogP) is 1.61. The van der Waals surface area contributed by atoms with E-state index in [0.29, 0.717) is 6.04 Å². The molecule has 0 aliphatic heterocycles. The summed E-state index contributed by atoms with van der Waals surface area (Å²) < 4.78 is 10.8. The SMILES string of the molecule is COCCCOC1CCC(C#N)(NC2CC2)C1. The van der Waals surface area contributed by atoms with Gasteiger partial charge in [-0.1, -0.05) is 0 Å². The second-order valence-electron chi connectivity index (χ2n) is 5.19. The van der Waals surface area contributed by atoms with Gasteiger partial charge in [-0.3, -0.25) is 5.32 Å². The van der Waals surface area contributed by atoms with E-state index >= 15 is 0 Å². The lowest BCUT2D eigenvalue weighted by Gasteiger charge is -2.22. The van der Waals surface area contributed by atoms with E-state index in [-0.39, 0.29) is 11.6 Å². The minimum Gasteiger partial charge on any atom is -0.385 e. The van der Waals surface area contributed by atoms with Crippen LogP contribution in [0.1, 0.15) is 38.5 Å². The second kappa shape index (κ2) is 5.81. The van der Waals surface area contributed by atoms with E-state index in [9.17, 15) is 5.26 Å². The zero-order valence-corrected chi connectivity index (χ0v) is 10.6. The van der Waals surface area contributed by atoms with Crippen molar-refractivity contribution in [1.29, 1.82) is 5.26 Å². The van der Waals surface area contributed by atoms with Crippen LogP contribution in [0.5, 0.6) is 0 Å². The molecule has 0 aromatic carbocycles. The van der Waals surface area contributed by atoms with E-state index in [4.69, 9.17) is 9.47 Å². The van der Waals surface area contributed by atoms with Gasteiger partial charge in [-0.15, -0.1) is 0 Å². The first-order valence-corrected chi connectivity index (χ1v) is 6.57. The highest BCUT2D eigenvalue weighted by Gasteiger charge is 2.43. The highest BCUT2D eigenvalue weighted by molar-refractivity contribution is 5.14. The molecule has 1 N–H and O–H groups in total. The molecule has 2 aliphatic rings. The van der Waals surface area contributed by atoms with Gasteiger partial charge in [-0.2, -0.15) is 5.26 Å². The molecule has 4 heteroatoms. The fraction of sp³-hybridized carbons (Fsp3) is 0.923. The first-order chi connectivity index (χ1) is 8.28. The summed E-state index contributed by atoms with van der Waals surface area (Å²) in [6.45, 7) is 1.49. The number of hydrogen-bond donors (Lipinski definition) is 1. The molecule has 0 radical (unpaired) electrons. The summed E-state index contributed by atoms with van der Waals surface area (Å²) in [7, 11) is 1.70. The van der Waals surface area contributed by atoms with E-state index in [2.05, 4.69) is 11.4 Å². The first-order valence-electron chi connectivity index (χ1n) is 6.57. The Bertz CT molecular complexity index is 286. The van der Waals surface area contributed by atoms with Crippen LogP contribution in [-0.2, 0) is 9.47 Å². The molecule has 0 heterocycles. The third-order valence-corrected chi connectivity index (χ3v) is 3.59. The van der Waals surface area contributed by atoms with Crippen molar-refractivity contribution < 1.29 is 9.47 Å². The Kier molecular flexibility index (Phi) is 4.38. The van der Waals surface area contributed by atoms with E-state index < -0.39 is 0 Å². The smallest absolute Gasteiger partial charge is 0.109 e. The number of nitrogens with one attached hydrogen (secondary N) is 1. The molecule has 0 amide bonds. The van der Waals surface area contributed by atoms with Crippen molar-refractivity contribution in [2.24, 2.45) is 0 Å². The minimum absolute atomic E-state index is 0.248. The van der Waals surface area contributed by atoms with Gasteiger partial charge in [0.05, 0.1) is 12.2 Å². The molecule has 0 aromatic heterocycles. The largest absolute Gasteiger partial charge is 0.385 e. The summed E-state index contributed by atoms with van der Waals surface area (Å²) in [5, 5.41) is 12.8. The van der Waals surface area contributed by atoms with Crippen LogP contribution in [0.25, 0.3) is 0 Å². The van der Waals surface area contributed by atoms with Gasteiger partial charge in [0, 0.05) is 32.8 Å². The molecule has 2 atom stereocenters. The predicted molar refractivity (Wildman–Crippen MR) is 64.6 cm³/mol. The topological polar surface area (TPSA) is 54.3 Å². The maximum Gasteiger partial charge on any atom is 0.109 e. The lowest BCUT2D eigenvalue weighted by atomic mass is 9.99. The summed E-state index contributed by atoms with van der Waals surface area (Å²) in [6, 6.07) is 3.05. The lowest BCUT2D eigenvalue weighted by molar-refractivity contribution is 0.0408. The molecule has 96 valence electrons. The zero-order valence-electron chi connectivity index (χ0n) is 10.6. The highest BCUT2D eigenvalue weighted by Crippen LogP contribution is 2.35. The average Bonchev–Trinajstić information content (AvgIpc) is 3.05. The standard InChI is InChI=1S/C13H22N2O2/c1-16-7-2-8-17-12-5-6-13(9-12,10-14)15-11-3-4-11/h11-12,15H,2-9H2,1H3. The Morgan fingerprint density at radius 2 is 2.18 bits per heavy atom. The van der Waals surface area contributed by atoms with E-state index in [0.717, 1.165) is 38.9 Å². The fourth-order valence-corrected chi connectivity index (χ4v) is 2.48. The molecule has 2 rings (SSSR count). The van der Waals surface area contributed by atoms with Crippen LogP contribution in [0.15, 0.2) is 0 Å². The van der Waals surface area contributed by atoms with Gasteiger partial charge in [0.15, 0.2) is 0 Å². The van der Waals surface area contributed by atoms with Crippen LogP contribution in [0.2, 0.25) is 0 Å². The Morgan fingerprint density at radius 1 is 1.35 bits per heavy atom. The Balaban J connectivity index is 1.71. The number of nitriles is 1. The molecule has 4 nitrogen and oxygen atoms in total. The maximum atomic E-state index is 9.33. The number of hydrogen-bond acceptors (Lipinski definition) is 4. The maximum absolute atomic E-state index is 9.33. The zero-order chi connectivity index (χ0) is 12.1. The normalized spacial score (nSPS) is 32.6. The molecule has 0 bridgehead atoms. The highest BCUT2D eigenvalue weighted by atomic mass is 16.5. The Hall–Kier alpha value is -0.630. The summed E-state index contributed by atoms with van der Waals surface area (Å²) in [4.78, 5) is 0. The molecule has 0 spiro atoms. The molecule has 17 heavy (non-hydrogen) atoms. The van der Waals surface area contributed by atoms with Crippen LogP contribution >= 0.6 is 0 Å². The van der Waals surface area contributed by atoms with Crippen molar-refractivity contribution in [2.45, 2.75) is 56.2 Å². The van der Waals surface area contributed by atoms with Crippen molar-refractivity contribution in [3.05, 3.63) is 0 Å². The lowest BCUT2D eigenvalue weighted by Crippen LogP contribution is -2.43. The van der Waals surface area contributed by atoms with Crippen molar-refractivity contribution in [3.8, 4) is 6.07 Å². The van der Waals surface area contributed by atoms with Crippen LogP contribution in [0.4, 0.5) is 0 Å². The number of ether oxygens (including phenoxy) is 2. The van der Waals surface area contributed by atoms with Crippen molar-refractivity contribution in [3.63, 3.8) is 0 Å². The van der Waals surface area contributed by atoms with Crippen molar-refractivity contribution in [1.82, 2.24) is 5.32 Å². The summed E-state index contributed by atoms with van der Waals surface area (Å²) >= 11 is 0. The van der Waals surface area contributed by atoms with Gasteiger partial charge in [0.1, 0.15) is 5.54 Å². The van der Waals surface area contributed by atoms with Gasteiger partial charge < -0.3 is 9.47 Å². The van der Waals surface area contributed by atoms with Crippen molar-refractivity contribution in [2.75, 3.05) is 20.3 Å².